The first-order valence-corrected chi connectivity index (χ1v) is 30.2. The summed E-state index contributed by atoms with van der Waals surface area (Å²) in [4.78, 5) is 26.6. The highest BCUT2D eigenvalue weighted by molar-refractivity contribution is 5.88. The highest BCUT2D eigenvalue weighted by atomic mass is 16.8. The fourth-order valence-corrected chi connectivity index (χ4v) is 16.1. The Morgan fingerprint density at radius 2 is 1.00 bits per heavy atom. The number of ketones is 1. The van der Waals surface area contributed by atoms with E-state index in [1.54, 1.807) is 62.4 Å². The first-order valence-electron chi connectivity index (χ1n) is 30.2. The van der Waals surface area contributed by atoms with E-state index in [1.807, 2.05) is 41.5 Å². The predicted molar refractivity (Wildman–Crippen MR) is 291 cm³/mol. The summed E-state index contributed by atoms with van der Waals surface area (Å²) in [5, 5.41) is 23.4. The number of hydrogen-bond donors (Lipinski definition) is 2. The molecule has 0 amide bonds. The van der Waals surface area contributed by atoms with Gasteiger partial charge in [-0.05, 0) is 118 Å². The van der Waals surface area contributed by atoms with Crippen molar-refractivity contribution in [2.75, 3.05) is 35.5 Å². The van der Waals surface area contributed by atoms with E-state index in [0.29, 0.717) is 63.4 Å². The van der Waals surface area contributed by atoms with Crippen LogP contribution in [-0.2, 0) is 85.4 Å². The molecule has 3 saturated carbocycles. The molecule has 5 aliphatic heterocycles. The van der Waals surface area contributed by atoms with Crippen LogP contribution in [0, 0.1) is 28.6 Å². The molecule has 0 aromatic heterocycles. The van der Waals surface area contributed by atoms with Gasteiger partial charge in [0.05, 0.1) is 72.7 Å². The Kier molecular flexibility index (Phi) is 20.4. The lowest BCUT2D eigenvalue weighted by Crippen LogP contribution is -2.66. The van der Waals surface area contributed by atoms with E-state index in [4.69, 9.17) is 75.8 Å². The minimum absolute atomic E-state index is 0.0391. The maximum Gasteiger partial charge on any atom is 0.333 e. The number of fused-ring (bicyclic) bond motifs is 5. The molecule has 0 aromatic rings. The topological polar surface area (TPSA) is 222 Å². The van der Waals surface area contributed by atoms with Crippen molar-refractivity contribution in [3.63, 3.8) is 0 Å². The van der Waals surface area contributed by atoms with Crippen molar-refractivity contribution >= 4 is 11.8 Å². The molecule has 4 aliphatic carbocycles. The molecule has 2 N–H and O–H groups in total. The van der Waals surface area contributed by atoms with Crippen LogP contribution in [0.3, 0.4) is 0 Å². The van der Waals surface area contributed by atoms with Gasteiger partial charge in [-0.1, -0.05) is 31.6 Å². The van der Waals surface area contributed by atoms with Crippen molar-refractivity contribution < 1.29 is 95.6 Å². The van der Waals surface area contributed by atoms with Crippen LogP contribution in [0.1, 0.15) is 146 Å². The summed E-state index contributed by atoms with van der Waals surface area (Å²) in [6, 6.07) is 0. The number of aliphatic hydroxyl groups excluding tert-OH is 1. The SMILES string of the molecule is C/C=C(\C)C(=O)O[C@@H]1CC2C(CC=C3C[C@@H](OC4CC(OC)C(OC5CC(OC)C(OC6CC(OC)C(OC7CC(OC)C(OC8CC(OC)C(O)C(C)O8)C(C)O7)C(C)O6)C(C)O5)C(C)O4)CC[C@@]32C)[C@@]2(O)CCC(C(C)=O)[C@@]12C. The van der Waals surface area contributed by atoms with Crippen molar-refractivity contribution in [3.8, 4) is 0 Å². The van der Waals surface area contributed by atoms with Crippen LogP contribution in [0.15, 0.2) is 23.3 Å². The Labute approximate surface area is 480 Å². The number of allylic oxidation sites excluding steroid dienone is 2. The van der Waals surface area contributed by atoms with E-state index in [1.165, 1.54) is 5.57 Å². The second-order valence-corrected chi connectivity index (χ2v) is 25.4. The Morgan fingerprint density at radius 1 is 0.580 bits per heavy atom. The Balaban J connectivity index is 0.763. The van der Waals surface area contributed by atoms with Crippen molar-refractivity contribution in [3.05, 3.63) is 23.3 Å². The summed E-state index contributed by atoms with van der Waals surface area (Å²) in [6.07, 6.45) is 0.391. The van der Waals surface area contributed by atoms with Gasteiger partial charge in [0.15, 0.2) is 31.5 Å². The zero-order valence-corrected chi connectivity index (χ0v) is 50.8. The van der Waals surface area contributed by atoms with Crippen LogP contribution in [0.5, 0.6) is 0 Å². The zero-order valence-electron chi connectivity index (χ0n) is 50.8. The third kappa shape index (κ3) is 12.5. The van der Waals surface area contributed by atoms with E-state index < -0.39 is 128 Å². The Morgan fingerprint density at radius 3 is 1.42 bits per heavy atom. The monoisotopic (exact) mass is 1150 g/mol. The quantitative estimate of drug-likeness (QED) is 0.0819. The molecule has 5 heterocycles. The Hall–Kier alpha value is -2.06. The highest BCUT2D eigenvalue weighted by Gasteiger charge is 2.71. The second kappa shape index (κ2) is 26.1. The molecule has 0 aromatic carbocycles. The smallest absolute Gasteiger partial charge is 0.333 e. The van der Waals surface area contributed by atoms with Gasteiger partial charge in [-0.2, -0.15) is 0 Å². The largest absolute Gasteiger partial charge is 0.458 e. The lowest BCUT2D eigenvalue weighted by molar-refractivity contribution is -0.352. The number of carbonyl (C=O) groups is 2. The van der Waals surface area contributed by atoms with E-state index in [2.05, 4.69) is 13.0 Å². The van der Waals surface area contributed by atoms with Gasteiger partial charge in [-0.3, -0.25) is 4.79 Å². The maximum absolute atomic E-state index is 13.4. The number of esters is 1. The third-order valence-electron chi connectivity index (χ3n) is 21.0. The van der Waals surface area contributed by atoms with E-state index in [-0.39, 0.29) is 53.4 Å². The normalized spacial score (nSPS) is 49.5. The summed E-state index contributed by atoms with van der Waals surface area (Å²) in [7, 11) is 8.22. The summed E-state index contributed by atoms with van der Waals surface area (Å²) >= 11 is 0. The molecule has 462 valence electrons. The van der Waals surface area contributed by atoms with Crippen molar-refractivity contribution in [1.82, 2.24) is 0 Å². The Bertz CT molecular complexity index is 2200. The van der Waals surface area contributed by atoms with Crippen LogP contribution in [0.4, 0.5) is 0 Å². The van der Waals surface area contributed by atoms with Gasteiger partial charge in [0.2, 0.25) is 0 Å². The zero-order chi connectivity index (χ0) is 58.5. The average molecular weight is 1150 g/mol. The summed E-state index contributed by atoms with van der Waals surface area (Å²) in [5.74, 6) is -0.746. The summed E-state index contributed by atoms with van der Waals surface area (Å²) in [6.45, 7) is 19.1. The van der Waals surface area contributed by atoms with Crippen molar-refractivity contribution in [2.24, 2.45) is 28.6 Å². The van der Waals surface area contributed by atoms with Gasteiger partial charge in [-0.25, -0.2) is 4.79 Å². The van der Waals surface area contributed by atoms with Crippen molar-refractivity contribution in [2.45, 2.75) is 287 Å². The number of carbonyl (C=O) groups excluding carboxylic acids is 2. The number of rotatable bonds is 18. The highest BCUT2D eigenvalue weighted by Crippen LogP contribution is 2.69. The fourth-order valence-electron chi connectivity index (χ4n) is 16.1. The molecule has 23 unspecified atom stereocenters. The van der Waals surface area contributed by atoms with Crippen LogP contribution in [-0.4, -0.2) is 198 Å². The summed E-state index contributed by atoms with van der Waals surface area (Å²) in [5.41, 5.74) is -0.462. The molecule has 9 rings (SSSR count). The van der Waals surface area contributed by atoms with Gasteiger partial charge >= 0.3 is 5.97 Å². The van der Waals surface area contributed by atoms with Gasteiger partial charge in [0.25, 0.3) is 0 Å². The lowest BCUT2D eigenvalue weighted by atomic mass is 9.45. The second-order valence-electron chi connectivity index (χ2n) is 25.4. The fraction of sp³-hybridized carbons (Fsp3) is 0.902. The molecule has 20 nitrogen and oxygen atoms in total. The third-order valence-corrected chi connectivity index (χ3v) is 21.0. The standard InChI is InChI=1S/C61H98O20/c1-16-30(2)58(64)77-47-24-41-40(61(65)22-20-39(31(3)62)60(47,61)10)18-17-37-23-38(19-21-59(37,41)9)76-48-26-43(67-12)54(33(5)72-48)79-50-28-45(69-14)56(35(7)74-50)81-52-29-46(70-15)57(36(8)75-52)80-51-27-44(68-13)55(34(6)73-51)78-49-25-42(66-11)53(63)32(4)71-49/h16-17,32-36,38-57,63,65H,18-29H2,1-15H3/b30-16+/t32?,33?,34?,35?,36?,38-,39?,40?,41?,42?,43?,44?,45?,46?,47+,48?,49?,50?,51?,52?,53?,54?,55?,56?,57?,59-,60-,61-/m0/s1. The molecule has 0 spiro atoms. The predicted octanol–water partition coefficient (Wildman–Crippen LogP) is 6.79. The first kappa shape index (κ1) is 63.4. The first-order chi connectivity index (χ1) is 38.5. The molecule has 5 saturated heterocycles. The van der Waals surface area contributed by atoms with Gasteiger partial charge in [0, 0.05) is 84.6 Å². The number of aliphatic hydroxyl groups is 2. The maximum atomic E-state index is 13.4. The summed E-state index contributed by atoms with van der Waals surface area (Å²) < 4.78 is 101. The molecule has 81 heavy (non-hydrogen) atoms. The van der Waals surface area contributed by atoms with Crippen molar-refractivity contribution in [1.29, 1.82) is 0 Å². The van der Waals surface area contributed by atoms with Gasteiger partial charge in [-0.15, -0.1) is 0 Å². The van der Waals surface area contributed by atoms with Gasteiger partial charge < -0.3 is 86.0 Å². The van der Waals surface area contributed by atoms with Gasteiger partial charge in [0.1, 0.15) is 42.4 Å². The van der Waals surface area contributed by atoms with Crippen LogP contribution >= 0.6 is 0 Å². The molecule has 9 aliphatic rings. The number of ether oxygens (including phenoxy) is 16. The molecule has 20 heteroatoms. The van der Waals surface area contributed by atoms with E-state index in [9.17, 15) is 19.8 Å². The minimum atomic E-state index is -1.16. The van der Waals surface area contributed by atoms with E-state index in [0.717, 1.165) is 19.3 Å². The number of Topliss-reactive ketones (excluding diaryl/α,β-unsaturated/α-hetero) is 1. The molecule has 0 bridgehead atoms. The molecule has 0 radical (unpaired) electrons. The molecule has 8 fully saturated rings. The lowest BCUT2D eigenvalue weighted by Gasteiger charge is -2.63. The molecular weight excluding hydrogens is 1050 g/mol. The van der Waals surface area contributed by atoms with Crippen LogP contribution in [0.2, 0.25) is 0 Å². The van der Waals surface area contributed by atoms with E-state index >= 15 is 0 Å². The molecular formula is C61H98O20. The molecule has 28 atom stereocenters. The van der Waals surface area contributed by atoms with Crippen LogP contribution in [0.25, 0.3) is 0 Å². The number of hydrogen-bond acceptors (Lipinski definition) is 20. The minimum Gasteiger partial charge on any atom is -0.458 e. The number of methoxy groups -OCH3 is 5. The van der Waals surface area contributed by atoms with Crippen LogP contribution < -0.4 is 0 Å². The average Bonchev–Trinajstić information content (AvgIpc) is 2.06.